The Bertz CT molecular complexity index is 422. The van der Waals surface area contributed by atoms with Gasteiger partial charge in [0.2, 0.25) is 0 Å². The second-order valence-corrected chi connectivity index (χ2v) is 3.89. The highest BCUT2D eigenvalue weighted by molar-refractivity contribution is 5.80. The van der Waals surface area contributed by atoms with Gasteiger partial charge < -0.3 is 10.2 Å². The van der Waals surface area contributed by atoms with Crippen LogP contribution in [0.25, 0.3) is 0 Å². The first-order valence-electron chi connectivity index (χ1n) is 6.14. The molecular formula is C15H21N3O2. The first-order valence-corrected chi connectivity index (χ1v) is 6.14. The fraction of sp³-hybridized carbons (Fsp3) is 0.267. The molecular weight excluding hydrogens is 254 g/mol. The highest BCUT2D eigenvalue weighted by Crippen LogP contribution is 2.15. The summed E-state index contributed by atoms with van der Waals surface area (Å²) < 4.78 is 0. The molecule has 5 heteroatoms. The van der Waals surface area contributed by atoms with Gasteiger partial charge >= 0.3 is 0 Å². The predicted molar refractivity (Wildman–Crippen MR) is 82.6 cm³/mol. The van der Waals surface area contributed by atoms with Crippen LogP contribution in [0.1, 0.15) is 21.0 Å². The quantitative estimate of drug-likeness (QED) is 0.606. The van der Waals surface area contributed by atoms with Crippen LogP contribution in [0.3, 0.4) is 0 Å². The van der Waals surface area contributed by atoms with Crippen LogP contribution < -0.4 is 10.2 Å². The number of nitrogens with one attached hydrogen (secondary N) is 1. The number of carbonyl (C=O) groups is 2. The summed E-state index contributed by atoms with van der Waals surface area (Å²) in [5.41, 5.74) is 1.23. The normalized spacial score (nSPS) is 8.90. The third-order valence-corrected chi connectivity index (χ3v) is 2.16. The predicted octanol–water partition coefficient (Wildman–Crippen LogP) is 1.72. The van der Waals surface area contributed by atoms with Gasteiger partial charge in [0, 0.05) is 18.8 Å². The Morgan fingerprint density at radius 2 is 1.50 bits per heavy atom. The summed E-state index contributed by atoms with van der Waals surface area (Å²) >= 11 is 0. The van der Waals surface area contributed by atoms with Gasteiger partial charge in [-0.05, 0) is 26.2 Å². The van der Waals surface area contributed by atoms with Crippen molar-refractivity contribution in [1.29, 1.82) is 0 Å². The molecule has 0 amide bonds. The van der Waals surface area contributed by atoms with Crippen molar-refractivity contribution in [3.63, 3.8) is 0 Å². The molecule has 0 unspecified atom stereocenters. The number of rotatable bonds is 7. The van der Waals surface area contributed by atoms with E-state index in [9.17, 15) is 9.59 Å². The zero-order valence-electron chi connectivity index (χ0n) is 12.0. The second-order valence-electron chi connectivity index (χ2n) is 3.89. The molecule has 1 aromatic rings. The van der Waals surface area contributed by atoms with Crippen molar-refractivity contribution in [2.24, 2.45) is 0 Å². The molecule has 108 valence electrons. The van der Waals surface area contributed by atoms with Gasteiger partial charge in [-0.25, -0.2) is 4.98 Å². The fourth-order valence-electron chi connectivity index (χ4n) is 1.46. The Labute approximate surface area is 120 Å². The number of aldehydes is 2. The van der Waals surface area contributed by atoms with Gasteiger partial charge in [-0.1, -0.05) is 12.2 Å². The van der Waals surface area contributed by atoms with Gasteiger partial charge in [-0.3, -0.25) is 9.59 Å². The molecule has 0 aliphatic heterocycles. The van der Waals surface area contributed by atoms with E-state index in [1.54, 1.807) is 24.3 Å². The Morgan fingerprint density at radius 3 is 1.80 bits per heavy atom. The van der Waals surface area contributed by atoms with Gasteiger partial charge in [0.1, 0.15) is 11.4 Å². The van der Waals surface area contributed by atoms with E-state index in [1.165, 1.54) is 0 Å². The van der Waals surface area contributed by atoms with E-state index in [0.29, 0.717) is 25.7 Å². The van der Waals surface area contributed by atoms with Crippen LogP contribution in [0, 0.1) is 0 Å². The maximum atomic E-state index is 10.7. The van der Waals surface area contributed by atoms with Crippen molar-refractivity contribution in [3.05, 3.63) is 48.8 Å². The van der Waals surface area contributed by atoms with Crippen LogP contribution in [0.2, 0.25) is 0 Å². The average Bonchev–Trinajstić information content (AvgIpc) is 2.47. The molecule has 0 bridgehead atoms. The van der Waals surface area contributed by atoms with E-state index >= 15 is 0 Å². The lowest BCUT2D eigenvalue weighted by Gasteiger charge is -2.21. The summed E-state index contributed by atoms with van der Waals surface area (Å²) in [5, 5.41) is 2.75. The Hall–Kier alpha value is -2.27. The molecule has 0 saturated carbocycles. The number of hydrogen-bond acceptors (Lipinski definition) is 5. The number of carbonyl (C=O) groups excluding carboxylic acids is 2. The van der Waals surface area contributed by atoms with Crippen molar-refractivity contribution in [2.75, 3.05) is 32.1 Å². The Balaban J connectivity index is 0.00000110. The Morgan fingerprint density at radius 1 is 1.10 bits per heavy atom. The van der Waals surface area contributed by atoms with E-state index in [-0.39, 0.29) is 11.4 Å². The van der Waals surface area contributed by atoms with Gasteiger partial charge in [-0.15, -0.1) is 13.2 Å². The van der Waals surface area contributed by atoms with Crippen LogP contribution in [0.5, 0.6) is 0 Å². The lowest BCUT2D eigenvalue weighted by atomic mass is 10.2. The Kier molecular flexibility index (Phi) is 9.43. The van der Waals surface area contributed by atoms with Gasteiger partial charge in [0.25, 0.3) is 0 Å². The van der Waals surface area contributed by atoms with E-state index in [1.807, 2.05) is 19.0 Å². The molecule has 20 heavy (non-hydrogen) atoms. The molecule has 0 atom stereocenters. The summed E-state index contributed by atoms with van der Waals surface area (Å²) in [7, 11) is 3.75. The van der Waals surface area contributed by atoms with E-state index in [4.69, 9.17) is 0 Å². The van der Waals surface area contributed by atoms with Gasteiger partial charge in [0.15, 0.2) is 12.6 Å². The lowest BCUT2D eigenvalue weighted by molar-refractivity contribution is 0.111. The third-order valence-electron chi connectivity index (χ3n) is 2.16. The van der Waals surface area contributed by atoms with E-state index < -0.39 is 0 Å². The van der Waals surface area contributed by atoms with E-state index in [0.717, 1.165) is 5.69 Å². The number of nitrogens with zero attached hydrogens (tertiary/aromatic N) is 2. The zero-order valence-corrected chi connectivity index (χ0v) is 12.0. The van der Waals surface area contributed by atoms with Gasteiger partial charge in [-0.2, -0.15) is 0 Å². The number of aromatic nitrogens is 1. The van der Waals surface area contributed by atoms with Crippen molar-refractivity contribution >= 4 is 18.3 Å². The molecule has 0 aliphatic carbocycles. The third kappa shape index (κ3) is 6.06. The standard InChI is InChI=1S/C13H14N2O2.C2H7N/c1-3-5-15(6-4-2)13-7-11(9-16)14-12(8-13)10-17;1-3-2/h3-4,7-10H,1-2,5-6H2;3H,1-2H3. The molecule has 0 aromatic carbocycles. The summed E-state index contributed by atoms with van der Waals surface area (Å²) in [5.74, 6) is 0. The highest BCUT2D eigenvalue weighted by Gasteiger charge is 2.07. The molecule has 0 fully saturated rings. The minimum absolute atomic E-state index is 0.239. The van der Waals surface area contributed by atoms with Crippen molar-refractivity contribution in [2.45, 2.75) is 0 Å². The smallest absolute Gasteiger partial charge is 0.168 e. The topological polar surface area (TPSA) is 62.3 Å². The zero-order chi connectivity index (χ0) is 15.4. The maximum absolute atomic E-state index is 10.7. The fourth-order valence-corrected chi connectivity index (χ4v) is 1.46. The summed E-state index contributed by atoms with van der Waals surface area (Å²) in [6.07, 6.45) is 4.73. The molecule has 1 N–H and O–H groups in total. The molecule has 0 radical (unpaired) electrons. The van der Waals surface area contributed by atoms with Crippen LogP contribution in [-0.4, -0.2) is 44.7 Å². The van der Waals surface area contributed by atoms with Crippen LogP contribution >= 0.6 is 0 Å². The average molecular weight is 275 g/mol. The van der Waals surface area contributed by atoms with Crippen molar-refractivity contribution in [1.82, 2.24) is 10.3 Å². The van der Waals surface area contributed by atoms with Crippen molar-refractivity contribution in [3.8, 4) is 0 Å². The molecule has 1 rings (SSSR count). The highest BCUT2D eigenvalue weighted by atomic mass is 16.1. The minimum atomic E-state index is 0.239. The monoisotopic (exact) mass is 275 g/mol. The number of hydrogen-bond donors (Lipinski definition) is 1. The molecule has 0 aliphatic rings. The van der Waals surface area contributed by atoms with Crippen LogP contribution in [0.4, 0.5) is 5.69 Å². The van der Waals surface area contributed by atoms with Crippen LogP contribution in [0.15, 0.2) is 37.4 Å². The molecule has 1 aromatic heterocycles. The number of anilines is 1. The molecule has 0 spiro atoms. The summed E-state index contributed by atoms with van der Waals surface area (Å²) in [6, 6.07) is 3.26. The summed E-state index contributed by atoms with van der Waals surface area (Å²) in [4.78, 5) is 27.2. The molecule has 0 saturated heterocycles. The minimum Gasteiger partial charge on any atom is -0.364 e. The van der Waals surface area contributed by atoms with E-state index in [2.05, 4.69) is 23.5 Å². The van der Waals surface area contributed by atoms with Gasteiger partial charge in [0.05, 0.1) is 0 Å². The molecule has 1 heterocycles. The number of pyridine rings is 1. The lowest BCUT2D eigenvalue weighted by Crippen LogP contribution is -2.23. The summed E-state index contributed by atoms with van der Waals surface area (Å²) in [6.45, 7) is 8.53. The SMILES string of the molecule is C=CCN(CC=C)c1cc(C=O)nc(C=O)c1.CNC. The molecule has 5 nitrogen and oxygen atoms in total. The first-order chi connectivity index (χ1) is 9.66. The van der Waals surface area contributed by atoms with Crippen molar-refractivity contribution < 1.29 is 9.59 Å². The maximum Gasteiger partial charge on any atom is 0.168 e. The first kappa shape index (κ1) is 17.7. The second kappa shape index (κ2) is 10.6. The van der Waals surface area contributed by atoms with Crippen LogP contribution in [-0.2, 0) is 0 Å². The largest absolute Gasteiger partial charge is 0.364 e.